The number of hydrogen-bond donors (Lipinski definition) is 1. The van der Waals surface area contributed by atoms with Gasteiger partial charge in [0, 0.05) is 6.54 Å². The predicted octanol–water partition coefficient (Wildman–Crippen LogP) is 3.74. The molecule has 0 saturated heterocycles. The second-order valence-corrected chi connectivity index (χ2v) is 6.88. The quantitative estimate of drug-likeness (QED) is 0.841. The summed E-state index contributed by atoms with van der Waals surface area (Å²) in [6.07, 6.45) is 9.22. The van der Waals surface area contributed by atoms with Crippen molar-refractivity contribution in [2.45, 2.75) is 84.7 Å². The average Bonchev–Trinajstić information content (AvgIpc) is 2.67. The van der Waals surface area contributed by atoms with Crippen LogP contribution in [0.1, 0.15) is 77.5 Å². The van der Waals surface area contributed by atoms with Crippen molar-refractivity contribution >= 4 is 5.69 Å². The Morgan fingerprint density at radius 2 is 1.81 bits per heavy atom. The molecule has 0 aromatic carbocycles. The molecule has 2 rings (SSSR count). The van der Waals surface area contributed by atoms with Gasteiger partial charge in [-0.2, -0.15) is 0 Å². The van der Waals surface area contributed by atoms with Gasteiger partial charge >= 0.3 is 0 Å². The summed E-state index contributed by atoms with van der Waals surface area (Å²) in [7, 11) is 0. The van der Waals surface area contributed by atoms with Crippen molar-refractivity contribution in [1.29, 1.82) is 0 Å². The minimum atomic E-state index is 0.0472. The second-order valence-electron chi connectivity index (χ2n) is 6.88. The van der Waals surface area contributed by atoms with Crippen molar-refractivity contribution in [2.75, 3.05) is 5.73 Å². The molecule has 1 aromatic rings. The summed E-state index contributed by atoms with van der Waals surface area (Å²) < 4.78 is 4.20. The molecule has 1 aliphatic rings. The maximum atomic E-state index is 12.7. The summed E-state index contributed by atoms with van der Waals surface area (Å²) in [5, 5.41) is 0. The number of anilines is 1. The first-order valence-corrected chi connectivity index (χ1v) is 8.65. The topological polar surface area (TPSA) is 52.9 Å². The number of nitrogen functional groups attached to an aromatic ring is 1. The van der Waals surface area contributed by atoms with Crippen molar-refractivity contribution in [3.8, 4) is 0 Å². The first-order chi connectivity index (χ1) is 10.1. The number of rotatable bonds is 5. The zero-order valence-electron chi connectivity index (χ0n) is 13.9. The van der Waals surface area contributed by atoms with Gasteiger partial charge in [-0.25, -0.2) is 4.68 Å². The molecule has 1 aromatic heterocycles. The first-order valence-electron chi connectivity index (χ1n) is 8.65. The molecule has 0 unspecified atom stereocenters. The van der Waals surface area contributed by atoms with Crippen LogP contribution in [0.3, 0.4) is 0 Å². The molecule has 21 heavy (non-hydrogen) atoms. The first kappa shape index (κ1) is 16.2. The highest BCUT2D eigenvalue weighted by Crippen LogP contribution is 2.28. The molecule has 0 radical (unpaired) electrons. The summed E-state index contributed by atoms with van der Waals surface area (Å²) in [4.78, 5) is 12.7. The fourth-order valence-corrected chi connectivity index (χ4v) is 3.55. The largest absolute Gasteiger partial charge is 0.393 e. The Hall–Kier alpha value is -1.19. The lowest BCUT2D eigenvalue weighted by molar-refractivity contribution is 0.320. The van der Waals surface area contributed by atoms with Crippen molar-refractivity contribution < 1.29 is 0 Å². The minimum Gasteiger partial charge on any atom is -0.393 e. The molecule has 0 spiro atoms. The van der Waals surface area contributed by atoms with Gasteiger partial charge in [0.25, 0.3) is 5.56 Å². The third-order valence-corrected chi connectivity index (χ3v) is 4.53. The van der Waals surface area contributed by atoms with E-state index >= 15 is 0 Å². The van der Waals surface area contributed by atoms with Gasteiger partial charge in [0.15, 0.2) is 0 Å². The van der Waals surface area contributed by atoms with Crippen LogP contribution < -0.4 is 11.3 Å². The number of nitrogens with zero attached hydrogens (tertiary/aromatic N) is 2. The fourth-order valence-electron chi connectivity index (χ4n) is 3.55. The van der Waals surface area contributed by atoms with E-state index in [1.54, 1.807) is 0 Å². The molecular formula is C17H31N3O. The standard InChI is InChI=1S/C17H31N3O/c1-4-11-19-15(12-13(2)3)16(18)17(21)20(19)14-9-7-5-6-8-10-14/h13-14H,4-12,18H2,1-3H3. The lowest BCUT2D eigenvalue weighted by Crippen LogP contribution is -2.28. The monoisotopic (exact) mass is 293 g/mol. The Morgan fingerprint density at radius 3 is 2.33 bits per heavy atom. The van der Waals surface area contributed by atoms with E-state index in [1.165, 1.54) is 25.7 Å². The Balaban J connectivity index is 2.44. The maximum Gasteiger partial charge on any atom is 0.290 e. The van der Waals surface area contributed by atoms with Crippen LogP contribution in [0.25, 0.3) is 0 Å². The second kappa shape index (κ2) is 7.19. The molecule has 0 atom stereocenters. The van der Waals surface area contributed by atoms with Gasteiger partial charge in [0.05, 0.1) is 11.7 Å². The smallest absolute Gasteiger partial charge is 0.290 e. The lowest BCUT2D eigenvalue weighted by Gasteiger charge is -2.22. The predicted molar refractivity (Wildman–Crippen MR) is 88.7 cm³/mol. The van der Waals surface area contributed by atoms with Gasteiger partial charge in [-0.15, -0.1) is 0 Å². The Bertz CT molecular complexity index is 505. The van der Waals surface area contributed by atoms with Crippen LogP contribution in [-0.2, 0) is 13.0 Å². The van der Waals surface area contributed by atoms with E-state index in [0.717, 1.165) is 37.9 Å². The molecule has 4 heteroatoms. The summed E-state index contributed by atoms with van der Waals surface area (Å²) in [5.41, 5.74) is 7.77. The number of aromatic nitrogens is 2. The van der Waals surface area contributed by atoms with Gasteiger partial charge in [-0.1, -0.05) is 46.5 Å². The SMILES string of the molecule is CCCn1c(CC(C)C)c(N)c(=O)n1C1CCCCCC1. The van der Waals surface area contributed by atoms with Crippen molar-refractivity contribution in [3.63, 3.8) is 0 Å². The molecule has 1 saturated carbocycles. The summed E-state index contributed by atoms with van der Waals surface area (Å²) >= 11 is 0. The van der Waals surface area contributed by atoms with E-state index in [0.29, 0.717) is 17.6 Å². The zero-order chi connectivity index (χ0) is 15.4. The molecule has 4 nitrogen and oxygen atoms in total. The van der Waals surface area contributed by atoms with Gasteiger partial charge in [-0.3, -0.25) is 9.48 Å². The lowest BCUT2D eigenvalue weighted by atomic mass is 10.1. The zero-order valence-corrected chi connectivity index (χ0v) is 13.9. The average molecular weight is 293 g/mol. The van der Waals surface area contributed by atoms with Crippen LogP contribution in [0, 0.1) is 5.92 Å². The van der Waals surface area contributed by atoms with Crippen LogP contribution in [-0.4, -0.2) is 9.36 Å². The molecule has 0 aliphatic heterocycles. The van der Waals surface area contributed by atoms with Gasteiger partial charge in [0.1, 0.15) is 5.69 Å². The number of nitrogens with two attached hydrogens (primary N) is 1. The van der Waals surface area contributed by atoms with E-state index in [1.807, 2.05) is 4.68 Å². The Kier molecular flexibility index (Phi) is 5.54. The molecule has 1 fully saturated rings. The van der Waals surface area contributed by atoms with Crippen molar-refractivity contribution in [1.82, 2.24) is 9.36 Å². The molecule has 0 bridgehead atoms. The molecule has 1 heterocycles. The van der Waals surface area contributed by atoms with E-state index in [-0.39, 0.29) is 5.56 Å². The van der Waals surface area contributed by atoms with Crippen LogP contribution in [0.5, 0.6) is 0 Å². The van der Waals surface area contributed by atoms with Gasteiger partial charge < -0.3 is 5.73 Å². The van der Waals surface area contributed by atoms with Crippen LogP contribution in [0.15, 0.2) is 4.79 Å². The third-order valence-electron chi connectivity index (χ3n) is 4.53. The maximum absolute atomic E-state index is 12.7. The summed E-state index contributed by atoms with van der Waals surface area (Å²) in [6, 6.07) is 0.342. The molecule has 1 aliphatic carbocycles. The minimum absolute atomic E-state index is 0.0472. The Labute approximate surface area is 128 Å². The van der Waals surface area contributed by atoms with Crippen molar-refractivity contribution in [3.05, 3.63) is 16.0 Å². The van der Waals surface area contributed by atoms with Crippen molar-refractivity contribution in [2.24, 2.45) is 5.92 Å². The molecule has 120 valence electrons. The highest BCUT2D eigenvalue weighted by molar-refractivity contribution is 5.42. The van der Waals surface area contributed by atoms with E-state index in [2.05, 4.69) is 25.5 Å². The molecule has 2 N–H and O–H groups in total. The van der Waals surface area contributed by atoms with Gasteiger partial charge in [-0.05, 0) is 31.6 Å². The van der Waals surface area contributed by atoms with E-state index in [9.17, 15) is 4.79 Å². The van der Waals surface area contributed by atoms with Crippen LogP contribution in [0.2, 0.25) is 0 Å². The van der Waals surface area contributed by atoms with E-state index < -0.39 is 0 Å². The summed E-state index contributed by atoms with van der Waals surface area (Å²) in [5.74, 6) is 0.514. The summed E-state index contributed by atoms with van der Waals surface area (Å²) in [6.45, 7) is 7.43. The normalized spacial score (nSPS) is 17.3. The van der Waals surface area contributed by atoms with Crippen LogP contribution in [0.4, 0.5) is 5.69 Å². The number of hydrogen-bond acceptors (Lipinski definition) is 2. The molecule has 0 amide bonds. The van der Waals surface area contributed by atoms with E-state index in [4.69, 9.17) is 5.73 Å². The molecular weight excluding hydrogens is 262 g/mol. The highest BCUT2D eigenvalue weighted by atomic mass is 16.1. The Morgan fingerprint density at radius 1 is 1.19 bits per heavy atom. The third kappa shape index (κ3) is 3.53. The van der Waals surface area contributed by atoms with Crippen LogP contribution >= 0.6 is 0 Å². The highest BCUT2D eigenvalue weighted by Gasteiger charge is 2.24. The fraction of sp³-hybridized carbons (Fsp3) is 0.824. The van der Waals surface area contributed by atoms with Gasteiger partial charge in [0.2, 0.25) is 0 Å².